The lowest BCUT2D eigenvalue weighted by Gasteiger charge is -2.31. The van der Waals surface area contributed by atoms with Crippen molar-refractivity contribution < 1.29 is 24.3 Å². The Hall–Kier alpha value is -2.16. The molecule has 1 rings (SSSR count). The van der Waals surface area contributed by atoms with Gasteiger partial charge in [-0.25, -0.2) is 4.79 Å². The number of carboxylic acid groups (broad SMARTS) is 1. The standard InChI is InChI=1S/C10H16N4O5/c1-2-11-10(19)13-8(16)5-14-4-7(15)12-3-6(14)9(17)18/h6H,2-5H2,1H3,(H,12,15)(H,17,18)(H2,11,13,16,19). The maximum atomic E-state index is 11.5. The van der Waals surface area contributed by atoms with Gasteiger partial charge in [-0.1, -0.05) is 0 Å². The zero-order valence-electron chi connectivity index (χ0n) is 10.4. The third kappa shape index (κ3) is 4.54. The number of nitrogens with one attached hydrogen (secondary N) is 3. The number of amides is 4. The fourth-order valence-corrected chi connectivity index (χ4v) is 1.66. The van der Waals surface area contributed by atoms with E-state index in [0.29, 0.717) is 6.54 Å². The monoisotopic (exact) mass is 272 g/mol. The molecule has 0 spiro atoms. The summed E-state index contributed by atoms with van der Waals surface area (Å²) >= 11 is 0. The second-order valence-corrected chi connectivity index (χ2v) is 3.97. The molecule has 19 heavy (non-hydrogen) atoms. The van der Waals surface area contributed by atoms with Crippen molar-refractivity contribution in [3.63, 3.8) is 0 Å². The number of imide groups is 1. The third-order valence-corrected chi connectivity index (χ3v) is 2.50. The van der Waals surface area contributed by atoms with Gasteiger partial charge >= 0.3 is 12.0 Å². The van der Waals surface area contributed by atoms with Crippen LogP contribution in [0.1, 0.15) is 6.92 Å². The summed E-state index contributed by atoms with van der Waals surface area (Å²) in [5, 5.41) is 15.8. The van der Waals surface area contributed by atoms with Crippen LogP contribution in [0, 0.1) is 0 Å². The predicted octanol–water partition coefficient (Wildman–Crippen LogP) is -2.28. The van der Waals surface area contributed by atoms with E-state index in [0.717, 1.165) is 0 Å². The van der Waals surface area contributed by atoms with Gasteiger partial charge in [0.25, 0.3) is 0 Å². The quantitative estimate of drug-likeness (QED) is 0.456. The van der Waals surface area contributed by atoms with E-state index in [2.05, 4.69) is 10.6 Å². The highest BCUT2D eigenvalue weighted by atomic mass is 16.4. The Labute approximate surface area is 109 Å². The minimum absolute atomic E-state index is 0.0669. The molecule has 1 fully saturated rings. The van der Waals surface area contributed by atoms with Crippen LogP contribution < -0.4 is 16.0 Å². The van der Waals surface area contributed by atoms with Gasteiger partial charge in [-0.3, -0.25) is 24.6 Å². The number of hydrogen-bond acceptors (Lipinski definition) is 5. The fourth-order valence-electron chi connectivity index (χ4n) is 1.66. The topological polar surface area (TPSA) is 128 Å². The van der Waals surface area contributed by atoms with Crippen LogP contribution >= 0.6 is 0 Å². The first-order valence-corrected chi connectivity index (χ1v) is 5.75. The number of aliphatic carboxylic acids is 1. The number of carbonyl (C=O) groups is 4. The maximum Gasteiger partial charge on any atom is 0.322 e. The zero-order chi connectivity index (χ0) is 14.4. The molecule has 9 nitrogen and oxygen atoms in total. The molecule has 106 valence electrons. The Kier molecular flexibility index (Phi) is 5.24. The zero-order valence-corrected chi connectivity index (χ0v) is 10.4. The largest absolute Gasteiger partial charge is 0.480 e. The second kappa shape index (κ2) is 6.69. The number of carboxylic acids is 1. The number of carbonyl (C=O) groups excluding carboxylic acids is 3. The summed E-state index contributed by atoms with van der Waals surface area (Å²) in [4.78, 5) is 46.0. The highest BCUT2D eigenvalue weighted by Gasteiger charge is 2.33. The molecular weight excluding hydrogens is 256 g/mol. The summed E-state index contributed by atoms with van der Waals surface area (Å²) in [7, 11) is 0. The molecule has 0 aliphatic carbocycles. The summed E-state index contributed by atoms with van der Waals surface area (Å²) in [6.07, 6.45) is 0. The predicted molar refractivity (Wildman–Crippen MR) is 63.2 cm³/mol. The van der Waals surface area contributed by atoms with E-state index < -0.39 is 23.9 Å². The Morgan fingerprint density at radius 1 is 1.47 bits per heavy atom. The van der Waals surface area contributed by atoms with E-state index in [4.69, 9.17) is 5.11 Å². The molecule has 1 heterocycles. The molecule has 4 amide bonds. The van der Waals surface area contributed by atoms with Crippen molar-refractivity contribution in [2.75, 3.05) is 26.2 Å². The van der Waals surface area contributed by atoms with Gasteiger partial charge in [-0.05, 0) is 6.92 Å². The minimum Gasteiger partial charge on any atom is -0.480 e. The number of piperazine rings is 1. The molecule has 1 unspecified atom stereocenters. The van der Waals surface area contributed by atoms with Gasteiger partial charge in [0.2, 0.25) is 11.8 Å². The highest BCUT2D eigenvalue weighted by Crippen LogP contribution is 2.03. The first kappa shape index (κ1) is 14.9. The Morgan fingerprint density at radius 3 is 2.74 bits per heavy atom. The van der Waals surface area contributed by atoms with Crippen molar-refractivity contribution in [2.24, 2.45) is 0 Å². The molecule has 0 aromatic rings. The maximum absolute atomic E-state index is 11.5. The molecule has 0 aromatic heterocycles. The van der Waals surface area contributed by atoms with Crippen LogP contribution in [0.5, 0.6) is 0 Å². The van der Waals surface area contributed by atoms with E-state index in [9.17, 15) is 19.2 Å². The number of hydrogen-bond donors (Lipinski definition) is 4. The molecule has 0 radical (unpaired) electrons. The van der Waals surface area contributed by atoms with Crippen LogP contribution in [0.3, 0.4) is 0 Å². The summed E-state index contributed by atoms with van der Waals surface area (Å²) < 4.78 is 0. The van der Waals surface area contributed by atoms with Crippen molar-refractivity contribution in [3.05, 3.63) is 0 Å². The van der Waals surface area contributed by atoms with E-state index in [1.165, 1.54) is 4.90 Å². The minimum atomic E-state index is -1.13. The second-order valence-electron chi connectivity index (χ2n) is 3.97. The summed E-state index contributed by atoms with van der Waals surface area (Å²) in [6, 6.07) is -1.63. The lowest BCUT2D eigenvalue weighted by Crippen LogP contribution is -2.59. The molecule has 4 N–H and O–H groups in total. The number of urea groups is 1. The Bertz CT molecular complexity index is 397. The molecule has 0 bridgehead atoms. The van der Waals surface area contributed by atoms with Crippen molar-refractivity contribution in [1.82, 2.24) is 20.9 Å². The van der Waals surface area contributed by atoms with Gasteiger partial charge in [0, 0.05) is 13.1 Å². The van der Waals surface area contributed by atoms with Gasteiger partial charge in [-0.15, -0.1) is 0 Å². The summed E-state index contributed by atoms with van der Waals surface area (Å²) in [5.41, 5.74) is 0. The van der Waals surface area contributed by atoms with Crippen LogP contribution in [-0.4, -0.2) is 66.0 Å². The van der Waals surface area contributed by atoms with Crippen LogP contribution in [0.2, 0.25) is 0 Å². The van der Waals surface area contributed by atoms with E-state index >= 15 is 0 Å². The molecule has 9 heteroatoms. The van der Waals surface area contributed by atoms with Crippen molar-refractivity contribution in [3.8, 4) is 0 Å². The summed E-state index contributed by atoms with van der Waals surface area (Å²) in [5.74, 6) is -2.15. The Balaban J connectivity index is 2.56. The molecule has 0 saturated carbocycles. The average Bonchev–Trinajstić information content (AvgIpc) is 2.28. The van der Waals surface area contributed by atoms with E-state index in [-0.39, 0.29) is 25.5 Å². The third-order valence-electron chi connectivity index (χ3n) is 2.50. The van der Waals surface area contributed by atoms with Crippen LogP contribution in [0.15, 0.2) is 0 Å². The van der Waals surface area contributed by atoms with Crippen LogP contribution in [0.25, 0.3) is 0 Å². The van der Waals surface area contributed by atoms with Gasteiger partial charge in [0.05, 0.1) is 13.1 Å². The van der Waals surface area contributed by atoms with Crippen LogP contribution in [-0.2, 0) is 14.4 Å². The van der Waals surface area contributed by atoms with Gasteiger partial charge in [0.1, 0.15) is 6.04 Å². The molecule has 1 atom stereocenters. The first-order valence-electron chi connectivity index (χ1n) is 5.75. The normalized spacial score (nSPS) is 19.4. The molecule has 1 aliphatic rings. The first-order chi connectivity index (χ1) is 8.93. The van der Waals surface area contributed by atoms with Crippen molar-refractivity contribution in [2.45, 2.75) is 13.0 Å². The number of nitrogens with zero attached hydrogens (tertiary/aromatic N) is 1. The van der Waals surface area contributed by atoms with E-state index in [1.54, 1.807) is 6.92 Å². The van der Waals surface area contributed by atoms with Crippen LogP contribution in [0.4, 0.5) is 4.79 Å². The summed E-state index contributed by atoms with van der Waals surface area (Å²) in [6.45, 7) is 1.46. The smallest absolute Gasteiger partial charge is 0.322 e. The lowest BCUT2D eigenvalue weighted by molar-refractivity contribution is -0.146. The fraction of sp³-hybridized carbons (Fsp3) is 0.600. The van der Waals surface area contributed by atoms with Crippen molar-refractivity contribution >= 4 is 23.8 Å². The molecule has 0 aromatic carbocycles. The molecule has 1 aliphatic heterocycles. The SMILES string of the molecule is CCNC(=O)NC(=O)CN1CC(=O)NCC1C(=O)O. The van der Waals surface area contributed by atoms with Gasteiger partial charge < -0.3 is 15.7 Å². The lowest BCUT2D eigenvalue weighted by atomic mass is 10.2. The molecule has 1 saturated heterocycles. The van der Waals surface area contributed by atoms with Gasteiger partial charge in [0.15, 0.2) is 0 Å². The van der Waals surface area contributed by atoms with E-state index in [1.807, 2.05) is 5.32 Å². The number of rotatable bonds is 4. The Morgan fingerprint density at radius 2 is 2.16 bits per heavy atom. The molecular formula is C10H16N4O5. The van der Waals surface area contributed by atoms with Crippen molar-refractivity contribution in [1.29, 1.82) is 0 Å². The van der Waals surface area contributed by atoms with Gasteiger partial charge in [-0.2, -0.15) is 0 Å². The average molecular weight is 272 g/mol. The highest BCUT2D eigenvalue weighted by molar-refractivity contribution is 5.96.